The molecular formula is C18H24F3N3O. The Hall–Kier alpha value is -1.79. The Kier molecular flexibility index (Phi) is 5.20. The van der Waals surface area contributed by atoms with E-state index in [1.807, 2.05) is 16.8 Å². The molecule has 0 radical (unpaired) electrons. The van der Waals surface area contributed by atoms with Crippen molar-refractivity contribution in [3.8, 4) is 0 Å². The van der Waals surface area contributed by atoms with Gasteiger partial charge in [0.1, 0.15) is 11.5 Å². The number of aromatic nitrogens is 1. The van der Waals surface area contributed by atoms with E-state index in [9.17, 15) is 18.0 Å². The molecule has 0 aromatic carbocycles. The van der Waals surface area contributed by atoms with Crippen LogP contribution >= 0.6 is 0 Å². The molecule has 1 saturated heterocycles. The average molecular weight is 355 g/mol. The highest BCUT2D eigenvalue weighted by atomic mass is 19.4. The van der Waals surface area contributed by atoms with E-state index in [4.69, 9.17) is 0 Å². The lowest BCUT2D eigenvalue weighted by atomic mass is 9.84. The Bertz CT molecular complexity index is 608. The monoisotopic (exact) mass is 355 g/mol. The van der Waals surface area contributed by atoms with E-state index in [0.717, 1.165) is 44.7 Å². The van der Waals surface area contributed by atoms with Gasteiger partial charge in [-0.3, -0.25) is 4.79 Å². The highest BCUT2D eigenvalue weighted by molar-refractivity contribution is 5.79. The molecular weight excluding hydrogens is 331 g/mol. The minimum Gasteiger partial charge on any atom is -0.357 e. The van der Waals surface area contributed by atoms with Crippen molar-refractivity contribution in [1.29, 1.82) is 0 Å². The van der Waals surface area contributed by atoms with Crippen LogP contribution in [0.2, 0.25) is 0 Å². The Balaban J connectivity index is 1.52. The maximum absolute atomic E-state index is 12.8. The molecule has 0 spiro atoms. The van der Waals surface area contributed by atoms with Crippen molar-refractivity contribution < 1.29 is 18.0 Å². The van der Waals surface area contributed by atoms with E-state index in [2.05, 4.69) is 4.98 Å². The first-order chi connectivity index (χ1) is 11.8. The lowest BCUT2D eigenvalue weighted by molar-refractivity contribution is -0.141. The summed E-state index contributed by atoms with van der Waals surface area (Å²) in [4.78, 5) is 19.7. The second-order valence-corrected chi connectivity index (χ2v) is 7.16. The van der Waals surface area contributed by atoms with Gasteiger partial charge in [-0.1, -0.05) is 12.5 Å². The molecule has 2 fully saturated rings. The number of halogens is 3. The van der Waals surface area contributed by atoms with Crippen LogP contribution in [0.3, 0.4) is 0 Å². The summed E-state index contributed by atoms with van der Waals surface area (Å²) in [6, 6.07) is 4.03. The number of anilines is 1. The number of carbonyl (C=O) groups excluding carboxylic acids is 1. The Morgan fingerprint density at radius 1 is 1.24 bits per heavy atom. The second-order valence-electron chi connectivity index (χ2n) is 7.16. The lowest BCUT2D eigenvalue weighted by Gasteiger charge is -2.36. The Labute approximate surface area is 146 Å². The standard InChI is InChI=1S/C18H24F3N3O/c1-23(17(25)14-4-2-5-14)12-13-8-10-24(11-9-13)16-7-3-6-15(22-16)18(19,20)21/h3,6-7,13-14H,2,4-5,8-12H2,1H3. The Morgan fingerprint density at radius 3 is 2.48 bits per heavy atom. The normalized spacial score (nSPS) is 19.6. The van der Waals surface area contributed by atoms with Gasteiger partial charge >= 0.3 is 6.18 Å². The van der Waals surface area contributed by atoms with Gasteiger partial charge in [-0.15, -0.1) is 0 Å². The van der Waals surface area contributed by atoms with Crippen molar-refractivity contribution in [2.75, 3.05) is 31.6 Å². The van der Waals surface area contributed by atoms with Crippen LogP contribution < -0.4 is 4.90 Å². The molecule has 2 heterocycles. The fourth-order valence-electron chi connectivity index (χ4n) is 3.55. The smallest absolute Gasteiger partial charge is 0.357 e. The zero-order valence-electron chi connectivity index (χ0n) is 14.4. The highest BCUT2D eigenvalue weighted by Gasteiger charge is 2.33. The summed E-state index contributed by atoms with van der Waals surface area (Å²) in [5.41, 5.74) is -0.849. The molecule has 25 heavy (non-hydrogen) atoms. The zero-order valence-corrected chi connectivity index (χ0v) is 14.4. The van der Waals surface area contributed by atoms with Gasteiger partial charge in [0, 0.05) is 32.6 Å². The van der Waals surface area contributed by atoms with Crippen molar-refractivity contribution in [2.24, 2.45) is 11.8 Å². The summed E-state index contributed by atoms with van der Waals surface area (Å²) in [5, 5.41) is 0. The SMILES string of the molecule is CN(CC1CCN(c2cccc(C(F)(F)F)n2)CC1)C(=O)C1CCC1. The largest absolute Gasteiger partial charge is 0.433 e. The second kappa shape index (κ2) is 7.22. The minimum atomic E-state index is -4.42. The van der Waals surface area contributed by atoms with Crippen molar-refractivity contribution >= 4 is 11.7 Å². The minimum absolute atomic E-state index is 0.208. The number of amides is 1. The average Bonchev–Trinajstić information content (AvgIpc) is 2.53. The molecule has 1 amide bonds. The van der Waals surface area contributed by atoms with Crippen molar-refractivity contribution in [3.63, 3.8) is 0 Å². The van der Waals surface area contributed by atoms with Crippen LogP contribution in [0.4, 0.5) is 19.0 Å². The number of alkyl halides is 3. The quantitative estimate of drug-likeness (QED) is 0.828. The first-order valence-corrected chi connectivity index (χ1v) is 8.89. The number of nitrogens with zero attached hydrogens (tertiary/aromatic N) is 3. The van der Waals surface area contributed by atoms with Crippen LogP contribution in [0, 0.1) is 11.8 Å². The van der Waals surface area contributed by atoms with E-state index in [1.165, 1.54) is 6.07 Å². The summed E-state index contributed by atoms with van der Waals surface area (Å²) in [6.07, 6.45) is 0.456. The number of hydrogen-bond acceptors (Lipinski definition) is 3. The molecule has 1 aliphatic heterocycles. The maximum Gasteiger partial charge on any atom is 0.433 e. The molecule has 4 nitrogen and oxygen atoms in total. The molecule has 1 aromatic heterocycles. The van der Waals surface area contributed by atoms with Gasteiger partial charge in [0.05, 0.1) is 0 Å². The van der Waals surface area contributed by atoms with Crippen LogP contribution in [0.1, 0.15) is 37.8 Å². The third kappa shape index (κ3) is 4.25. The van der Waals surface area contributed by atoms with Crippen molar-refractivity contribution in [2.45, 2.75) is 38.3 Å². The van der Waals surface area contributed by atoms with Gasteiger partial charge < -0.3 is 9.80 Å². The third-order valence-electron chi connectivity index (χ3n) is 5.33. The van der Waals surface area contributed by atoms with Crippen LogP contribution in [0.15, 0.2) is 18.2 Å². The molecule has 3 rings (SSSR count). The molecule has 0 bridgehead atoms. The van der Waals surface area contributed by atoms with Crippen molar-refractivity contribution in [1.82, 2.24) is 9.88 Å². The van der Waals surface area contributed by atoms with Crippen molar-refractivity contribution in [3.05, 3.63) is 23.9 Å². The third-order valence-corrected chi connectivity index (χ3v) is 5.33. The van der Waals surface area contributed by atoms with E-state index in [0.29, 0.717) is 24.8 Å². The van der Waals surface area contributed by atoms with Crippen LogP contribution in [-0.2, 0) is 11.0 Å². The molecule has 0 atom stereocenters. The van der Waals surface area contributed by atoms with Crippen LogP contribution in [0.25, 0.3) is 0 Å². The zero-order chi connectivity index (χ0) is 18.0. The molecule has 1 aliphatic carbocycles. The molecule has 0 unspecified atom stereocenters. The topological polar surface area (TPSA) is 36.4 Å². The van der Waals surface area contributed by atoms with Gasteiger partial charge in [-0.05, 0) is 43.7 Å². The highest BCUT2D eigenvalue weighted by Crippen LogP contribution is 2.31. The van der Waals surface area contributed by atoms with E-state index in [1.54, 1.807) is 6.07 Å². The fraction of sp³-hybridized carbons (Fsp3) is 0.667. The molecule has 1 saturated carbocycles. The maximum atomic E-state index is 12.8. The first-order valence-electron chi connectivity index (χ1n) is 8.89. The van der Waals surface area contributed by atoms with E-state index < -0.39 is 11.9 Å². The summed E-state index contributed by atoms with van der Waals surface area (Å²) < 4.78 is 38.4. The number of carbonyl (C=O) groups is 1. The van der Waals surface area contributed by atoms with Gasteiger partial charge in [-0.25, -0.2) is 4.98 Å². The molecule has 138 valence electrons. The van der Waals surface area contributed by atoms with Gasteiger partial charge in [-0.2, -0.15) is 13.2 Å². The summed E-state index contributed by atoms with van der Waals surface area (Å²) in [6.45, 7) is 2.08. The van der Waals surface area contributed by atoms with Crippen LogP contribution in [-0.4, -0.2) is 42.5 Å². The summed E-state index contributed by atoms with van der Waals surface area (Å²) >= 11 is 0. The molecule has 1 aromatic rings. The van der Waals surface area contributed by atoms with E-state index >= 15 is 0 Å². The number of hydrogen-bond donors (Lipinski definition) is 0. The number of rotatable bonds is 4. The number of piperidine rings is 1. The Morgan fingerprint density at radius 2 is 1.92 bits per heavy atom. The number of pyridine rings is 1. The summed E-state index contributed by atoms with van der Waals surface area (Å²) in [5.74, 6) is 1.23. The van der Waals surface area contributed by atoms with Gasteiger partial charge in [0.15, 0.2) is 0 Å². The van der Waals surface area contributed by atoms with E-state index in [-0.39, 0.29) is 11.8 Å². The van der Waals surface area contributed by atoms with Crippen LogP contribution in [0.5, 0.6) is 0 Å². The molecule has 2 aliphatic rings. The summed E-state index contributed by atoms with van der Waals surface area (Å²) in [7, 11) is 1.86. The predicted octanol–water partition coefficient (Wildman–Crippen LogP) is 3.58. The van der Waals surface area contributed by atoms with Gasteiger partial charge in [0.25, 0.3) is 0 Å². The first kappa shape index (κ1) is 18.0. The lowest BCUT2D eigenvalue weighted by Crippen LogP contribution is -2.42. The predicted molar refractivity (Wildman–Crippen MR) is 89.2 cm³/mol. The molecule has 0 N–H and O–H groups in total. The molecule has 7 heteroatoms. The fourth-order valence-corrected chi connectivity index (χ4v) is 3.55. The van der Waals surface area contributed by atoms with Gasteiger partial charge in [0.2, 0.25) is 5.91 Å².